The number of nitrogens with zero attached hydrogens (tertiary/aromatic N) is 4. The maximum Gasteiger partial charge on any atom is 0.0900 e. The number of hydrogen-bond donors (Lipinski definition) is 0. The Labute approximate surface area is 321 Å². The molecule has 0 spiro atoms. The third-order valence-corrected chi connectivity index (χ3v) is 11.7. The number of rotatable bonds is 5. The van der Waals surface area contributed by atoms with Gasteiger partial charge in [-0.25, -0.2) is 9.97 Å². The Bertz CT molecular complexity index is 3190. The third kappa shape index (κ3) is 5.28. The van der Waals surface area contributed by atoms with Crippen molar-refractivity contribution in [1.29, 1.82) is 0 Å². The van der Waals surface area contributed by atoms with Crippen molar-refractivity contribution in [3.05, 3.63) is 182 Å². The second-order valence-electron chi connectivity index (χ2n) is 13.8. The van der Waals surface area contributed by atoms with Gasteiger partial charge >= 0.3 is 0 Å². The molecule has 0 bridgehead atoms. The first-order valence-corrected chi connectivity index (χ1v) is 19.2. The Hall–Kier alpha value is -7.08. The molecule has 5 heterocycles. The van der Waals surface area contributed by atoms with Gasteiger partial charge in [-0.15, -0.1) is 11.3 Å². The van der Waals surface area contributed by atoms with Crippen LogP contribution in [0.15, 0.2) is 182 Å². The summed E-state index contributed by atoms with van der Waals surface area (Å²) in [5.74, 6) is 0. The van der Waals surface area contributed by atoms with Crippen molar-refractivity contribution in [3.63, 3.8) is 0 Å². The van der Waals surface area contributed by atoms with Crippen LogP contribution in [0.25, 0.3) is 109 Å². The summed E-state index contributed by atoms with van der Waals surface area (Å²) in [6.45, 7) is 0. The van der Waals surface area contributed by atoms with Crippen LogP contribution in [0, 0.1) is 0 Å². The van der Waals surface area contributed by atoms with Gasteiger partial charge < -0.3 is 0 Å². The molecule has 0 amide bonds. The van der Waals surface area contributed by atoms with E-state index in [4.69, 9.17) is 9.97 Å². The molecule has 0 N–H and O–H groups in total. The zero-order valence-corrected chi connectivity index (χ0v) is 30.3. The minimum Gasteiger partial charge on any atom is -0.255 e. The topological polar surface area (TPSA) is 51.6 Å². The third-order valence-electron chi connectivity index (χ3n) is 10.6. The smallest absolute Gasteiger partial charge is 0.0900 e. The van der Waals surface area contributed by atoms with Gasteiger partial charge in [0.05, 0.1) is 38.7 Å². The average molecular weight is 719 g/mol. The van der Waals surface area contributed by atoms with Crippen LogP contribution >= 0.6 is 11.3 Å². The Kier molecular flexibility index (Phi) is 7.32. The van der Waals surface area contributed by atoms with Crippen molar-refractivity contribution in [3.8, 4) is 56.3 Å². The molecule has 0 atom stereocenters. The van der Waals surface area contributed by atoms with Gasteiger partial charge in [0.15, 0.2) is 0 Å². The van der Waals surface area contributed by atoms with E-state index < -0.39 is 0 Å². The summed E-state index contributed by atoms with van der Waals surface area (Å²) in [4.78, 5) is 19.9. The first kappa shape index (κ1) is 31.4. The van der Waals surface area contributed by atoms with Gasteiger partial charge in [0.25, 0.3) is 0 Å². The van der Waals surface area contributed by atoms with Crippen molar-refractivity contribution < 1.29 is 0 Å². The lowest BCUT2D eigenvalue weighted by atomic mass is 9.93. The molecule has 4 nitrogen and oxygen atoms in total. The van der Waals surface area contributed by atoms with Crippen molar-refractivity contribution >= 4 is 64.0 Å². The fraction of sp³-hybridized carbons (Fsp3) is 0. The van der Waals surface area contributed by atoms with Gasteiger partial charge in [-0.05, 0) is 86.8 Å². The summed E-state index contributed by atoms with van der Waals surface area (Å²) in [5, 5.41) is 8.60. The van der Waals surface area contributed by atoms with Crippen LogP contribution in [0.1, 0.15) is 0 Å². The van der Waals surface area contributed by atoms with Crippen molar-refractivity contribution in [2.24, 2.45) is 0 Å². The normalized spacial score (nSPS) is 11.6. The van der Waals surface area contributed by atoms with Crippen LogP contribution in [0.5, 0.6) is 0 Å². The maximum atomic E-state index is 5.66. The van der Waals surface area contributed by atoms with Crippen LogP contribution in [-0.2, 0) is 0 Å². The molecular weight excluding hydrogens is 689 g/mol. The first-order chi connectivity index (χ1) is 27.3. The molecule has 5 aromatic heterocycles. The van der Waals surface area contributed by atoms with Crippen LogP contribution < -0.4 is 0 Å². The highest BCUT2D eigenvalue weighted by Crippen LogP contribution is 2.46. The number of pyridine rings is 4. The van der Waals surface area contributed by atoms with Crippen molar-refractivity contribution in [2.75, 3.05) is 0 Å². The molecule has 0 aliphatic rings. The summed E-state index contributed by atoms with van der Waals surface area (Å²) in [6.07, 6.45) is 3.61. The van der Waals surface area contributed by atoms with E-state index in [9.17, 15) is 0 Å². The average Bonchev–Trinajstić information content (AvgIpc) is 3.66. The van der Waals surface area contributed by atoms with Crippen LogP contribution in [0.3, 0.4) is 0 Å². The summed E-state index contributed by atoms with van der Waals surface area (Å²) < 4.78 is 2.48. The number of para-hydroxylation sites is 1. The second-order valence-corrected chi connectivity index (χ2v) is 14.8. The van der Waals surface area contributed by atoms with E-state index in [1.807, 2.05) is 47.7 Å². The number of fused-ring (bicyclic) bond motifs is 8. The van der Waals surface area contributed by atoms with Gasteiger partial charge in [0.2, 0.25) is 0 Å². The van der Waals surface area contributed by atoms with Crippen LogP contribution in [-0.4, -0.2) is 19.9 Å². The molecule has 0 aliphatic carbocycles. The van der Waals surface area contributed by atoms with Crippen molar-refractivity contribution in [2.45, 2.75) is 0 Å². The van der Waals surface area contributed by atoms with Gasteiger partial charge in [0, 0.05) is 44.4 Å². The van der Waals surface area contributed by atoms with Gasteiger partial charge in [-0.3, -0.25) is 9.97 Å². The SMILES string of the molecule is c1ccc(-c2cc(-c3ccc(-c4cccc5c4nc(-c4cc6ccccc6c6ccccc46)c4sc6ccccc6c45)cc3)cc(-c3ccccn3)n2)nc1. The fourth-order valence-corrected chi connectivity index (χ4v) is 9.22. The molecular formula is C50H30N4S. The number of thiophene rings is 1. The molecule has 0 aliphatic heterocycles. The molecule has 0 fully saturated rings. The molecule has 0 saturated carbocycles. The lowest BCUT2D eigenvalue weighted by Gasteiger charge is -2.15. The summed E-state index contributed by atoms with van der Waals surface area (Å²) in [5.41, 5.74) is 10.8. The Balaban J connectivity index is 1.12. The van der Waals surface area contributed by atoms with Crippen LogP contribution in [0.4, 0.5) is 0 Å². The van der Waals surface area contributed by atoms with Gasteiger partial charge in [0.1, 0.15) is 0 Å². The van der Waals surface area contributed by atoms with Crippen molar-refractivity contribution in [1.82, 2.24) is 19.9 Å². The number of benzene rings is 6. The molecule has 0 radical (unpaired) electrons. The largest absolute Gasteiger partial charge is 0.255 e. The number of aromatic nitrogens is 4. The summed E-state index contributed by atoms with van der Waals surface area (Å²) in [6, 6.07) is 60.0. The Morgan fingerprint density at radius 2 is 1.00 bits per heavy atom. The quantitative estimate of drug-likeness (QED) is 0.166. The fourth-order valence-electron chi connectivity index (χ4n) is 8.00. The van der Waals surface area contributed by atoms with Crippen LogP contribution in [0.2, 0.25) is 0 Å². The molecule has 0 unspecified atom stereocenters. The highest BCUT2D eigenvalue weighted by Gasteiger charge is 2.20. The van der Waals surface area contributed by atoms with E-state index in [0.717, 1.165) is 67.2 Å². The highest BCUT2D eigenvalue weighted by molar-refractivity contribution is 7.26. The number of hydrogen-bond acceptors (Lipinski definition) is 5. The molecule has 0 saturated heterocycles. The Morgan fingerprint density at radius 3 is 1.73 bits per heavy atom. The zero-order chi connectivity index (χ0) is 36.3. The van der Waals surface area contributed by atoms with E-state index in [-0.39, 0.29) is 0 Å². The second kappa shape index (κ2) is 12.8. The lowest BCUT2D eigenvalue weighted by molar-refractivity contribution is 1.22. The predicted molar refractivity (Wildman–Crippen MR) is 230 cm³/mol. The first-order valence-electron chi connectivity index (χ1n) is 18.4. The predicted octanol–water partition coefficient (Wildman–Crippen LogP) is 13.4. The highest BCUT2D eigenvalue weighted by atomic mass is 32.1. The minimum atomic E-state index is 0.807. The van der Waals surface area contributed by atoms with Gasteiger partial charge in [-0.1, -0.05) is 121 Å². The van der Waals surface area contributed by atoms with Gasteiger partial charge in [-0.2, -0.15) is 0 Å². The van der Waals surface area contributed by atoms with E-state index >= 15 is 0 Å². The monoisotopic (exact) mass is 718 g/mol. The minimum absolute atomic E-state index is 0.807. The van der Waals surface area contributed by atoms with E-state index in [0.29, 0.717) is 0 Å². The molecule has 5 heteroatoms. The molecule has 55 heavy (non-hydrogen) atoms. The van der Waals surface area contributed by atoms with E-state index in [1.165, 1.54) is 41.7 Å². The maximum absolute atomic E-state index is 5.66. The zero-order valence-electron chi connectivity index (χ0n) is 29.5. The van der Waals surface area contributed by atoms with E-state index in [2.05, 4.69) is 143 Å². The molecule has 11 aromatic rings. The molecule has 11 rings (SSSR count). The summed E-state index contributed by atoms with van der Waals surface area (Å²) in [7, 11) is 0. The standard InChI is InChI=1S/C50H30N4S/c1-2-13-35-33(12-1)28-41(38-15-4-3-14-37(35)38)49-50-47(39-16-5-6-21-46(39)55-50)40-18-11-17-36(48(40)54-49)32-24-22-31(23-25-32)34-29-44(42-19-7-9-26-51-42)53-45(30-34)43-20-8-10-27-52-43/h1-30H. The molecule has 6 aromatic carbocycles. The Morgan fingerprint density at radius 1 is 0.382 bits per heavy atom. The summed E-state index contributed by atoms with van der Waals surface area (Å²) >= 11 is 1.84. The lowest BCUT2D eigenvalue weighted by Crippen LogP contribution is -1.94. The van der Waals surface area contributed by atoms with E-state index in [1.54, 1.807) is 12.4 Å². The molecule has 256 valence electrons.